The molecule has 0 bridgehead atoms. The SMILES string of the molecule is CS(=O)(=O)CCNc1ccc(C(N)=S)c(Br)c1. The van der Waals surface area contributed by atoms with E-state index < -0.39 is 9.84 Å². The van der Waals surface area contributed by atoms with Gasteiger partial charge in [0.05, 0.1) is 5.75 Å². The minimum Gasteiger partial charge on any atom is -0.389 e. The Bertz CT molecular complexity index is 529. The van der Waals surface area contributed by atoms with Crippen LogP contribution in [0.25, 0.3) is 0 Å². The van der Waals surface area contributed by atoms with E-state index in [-0.39, 0.29) is 5.75 Å². The summed E-state index contributed by atoms with van der Waals surface area (Å²) in [4.78, 5) is 0.319. The Labute approximate surface area is 115 Å². The molecular weight excluding hydrogens is 324 g/mol. The van der Waals surface area contributed by atoms with Crippen LogP contribution < -0.4 is 11.1 Å². The molecule has 1 aromatic rings. The number of thiocarbonyl (C=S) groups is 1. The second kappa shape index (κ2) is 5.79. The quantitative estimate of drug-likeness (QED) is 0.798. The van der Waals surface area contributed by atoms with Crippen molar-refractivity contribution in [2.24, 2.45) is 5.73 Å². The third-order valence-corrected chi connectivity index (χ3v) is 3.86. The minimum atomic E-state index is -2.94. The smallest absolute Gasteiger partial charge is 0.149 e. The molecule has 0 amide bonds. The second-order valence-electron chi connectivity index (χ2n) is 3.62. The van der Waals surface area contributed by atoms with E-state index in [0.717, 1.165) is 15.7 Å². The van der Waals surface area contributed by atoms with E-state index in [2.05, 4.69) is 21.2 Å². The summed E-state index contributed by atoms with van der Waals surface area (Å²) in [6.45, 7) is 0.373. The predicted molar refractivity (Wildman–Crippen MR) is 78.2 cm³/mol. The highest BCUT2D eigenvalue weighted by molar-refractivity contribution is 9.10. The van der Waals surface area contributed by atoms with Crippen LogP contribution in [0, 0.1) is 0 Å². The molecule has 3 N–H and O–H groups in total. The van der Waals surface area contributed by atoms with Gasteiger partial charge in [0.2, 0.25) is 0 Å². The van der Waals surface area contributed by atoms with Crippen molar-refractivity contribution in [1.82, 2.24) is 0 Å². The van der Waals surface area contributed by atoms with E-state index >= 15 is 0 Å². The Balaban J connectivity index is 2.68. The maximum atomic E-state index is 10.9. The average molecular weight is 337 g/mol. The molecule has 4 nitrogen and oxygen atoms in total. The summed E-state index contributed by atoms with van der Waals surface area (Å²) in [6, 6.07) is 5.41. The Morgan fingerprint density at radius 1 is 1.53 bits per heavy atom. The first-order valence-electron chi connectivity index (χ1n) is 4.80. The number of sulfone groups is 1. The molecule has 0 saturated carbocycles. The lowest BCUT2D eigenvalue weighted by molar-refractivity contribution is 0.602. The maximum Gasteiger partial charge on any atom is 0.149 e. The summed E-state index contributed by atoms with van der Waals surface area (Å²) in [7, 11) is -2.94. The third-order valence-electron chi connectivity index (χ3n) is 2.04. The molecule has 0 aliphatic carbocycles. The molecule has 1 rings (SSSR count). The van der Waals surface area contributed by atoms with E-state index in [9.17, 15) is 8.42 Å². The van der Waals surface area contributed by atoms with Crippen molar-refractivity contribution in [3.05, 3.63) is 28.2 Å². The Hall–Kier alpha value is -0.660. The van der Waals surface area contributed by atoms with Gasteiger partial charge in [0.25, 0.3) is 0 Å². The number of hydrogen-bond donors (Lipinski definition) is 2. The van der Waals surface area contributed by atoms with Gasteiger partial charge in [0.1, 0.15) is 14.8 Å². The van der Waals surface area contributed by atoms with Gasteiger partial charge in [-0.15, -0.1) is 0 Å². The van der Waals surface area contributed by atoms with E-state index in [1.807, 2.05) is 12.1 Å². The zero-order chi connectivity index (χ0) is 13.1. The van der Waals surface area contributed by atoms with Crippen LogP contribution in [0.1, 0.15) is 5.56 Å². The molecular formula is C10H13BrN2O2S2. The van der Waals surface area contributed by atoms with E-state index in [0.29, 0.717) is 11.5 Å². The highest BCUT2D eigenvalue weighted by atomic mass is 79.9. The molecule has 17 heavy (non-hydrogen) atoms. The van der Waals surface area contributed by atoms with Gasteiger partial charge in [-0.05, 0) is 34.1 Å². The number of halogens is 1. The number of nitrogens with one attached hydrogen (secondary N) is 1. The number of anilines is 1. The van der Waals surface area contributed by atoms with Crippen LogP contribution in [-0.4, -0.2) is 32.0 Å². The summed E-state index contributed by atoms with van der Waals surface area (Å²) in [6.07, 6.45) is 1.21. The van der Waals surface area contributed by atoms with Gasteiger partial charge in [-0.25, -0.2) is 8.42 Å². The molecule has 0 aliphatic heterocycles. The van der Waals surface area contributed by atoms with Crippen molar-refractivity contribution in [1.29, 1.82) is 0 Å². The summed E-state index contributed by atoms with van der Waals surface area (Å²) in [5.41, 5.74) is 7.10. The number of benzene rings is 1. The summed E-state index contributed by atoms with van der Waals surface area (Å²) < 4.78 is 22.7. The number of hydrogen-bond acceptors (Lipinski definition) is 4. The van der Waals surface area contributed by atoms with E-state index in [4.69, 9.17) is 18.0 Å². The predicted octanol–water partition coefficient (Wildman–Crippen LogP) is 1.54. The molecule has 0 saturated heterocycles. The van der Waals surface area contributed by atoms with Crippen molar-refractivity contribution < 1.29 is 8.42 Å². The standard InChI is InChI=1S/C10H13BrN2O2S2/c1-17(14,15)5-4-13-7-2-3-8(10(12)16)9(11)6-7/h2-3,6,13H,4-5H2,1H3,(H2,12,16). The first-order chi connectivity index (χ1) is 7.79. The average Bonchev–Trinajstić information content (AvgIpc) is 2.15. The van der Waals surface area contributed by atoms with Crippen LogP contribution in [0.4, 0.5) is 5.69 Å². The number of rotatable bonds is 5. The molecule has 0 aliphatic rings. The van der Waals surface area contributed by atoms with Crippen molar-refractivity contribution >= 4 is 48.7 Å². The van der Waals surface area contributed by atoms with Gasteiger partial charge in [-0.1, -0.05) is 12.2 Å². The molecule has 0 atom stereocenters. The molecule has 0 spiro atoms. The van der Waals surface area contributed by atoms with Crippen LogP contribution in [0.5, 0.6) is 0 Å². The van der Waals surface area contributed by atoms with Gasteiger partial charge < -0.3 is 11.1 Å². The molecule has 94 valence electrons. The first-order valence-corrected chi connectivity index (χ1v) is 8.07. The molecule has 0 radical (unpaired) electrons. The van der Waals surface area contributed by atoms with Gasteiger partial charge in [0, 0.05) is 28.5 Å². The van der Waals surface area contributed by atoms with Gasteiger partial charge in [0.15, 0.2) is 0 Å². The molecule has 0 aromatic heterocycles. The maximum absolute atomic E-state index is 10.9. The fraction of sp³-hybridized carbons (Fsp3) is 0.300. The van der Waals surface area contributed by atoms with Crippen LogP contribution >= 0.6 is 28.1 Å². The topological polar surface area (TPSA) is 72.2 Å². The molecule has 0 unspecified atom stereocenters. The second-order valence-corrected chi connectivity index (χ2v) is 7.17. The largest absolute Gasteiger partial charge is 0.389 e. The summed E-state index contributed by atoms with van der Waals surface area (Å²) in [5.74, 6) is 0.0989. The lowest BCUT2D eigenvalue weighted by Gasteiger charge is -2.08. The normalized spacial score (nSPS) is 11.2. The third kappa shape index (κ3) is 5.01. The van der Waals surface area contributed by atoms with Gasteiger partial charge in [-0.2, -0.15) is 0 Å². The van der Waals surface area contributed by atoms with Crippen molar-refractivity contribution in [3.63, 3.8) is 0 Å². The summed E-state index contributed by atoms with van der Waals surface area (Å²) >= 11 is 8.23. The Morgan fingerprint density at radius 3 is 2.65 bits per heavy atom. The van der Waals surface area contributed by atoms with Crippen LogP contribution in [0.2, 0.25) is 0 Å². The van der Waals surface area contributed by atoms with Crippen LogP contribution in [0.3, 0.4) is 0 Å². The van der Waals surface area contributed by atoms with Crippen molar-refractivity contribution in [3.8, 4) is 0 Å². The first kappa shape index (κ1) is 14.4. The van der Waals surface area contributed by atoms with E-state index in [1.165, 1.54) is 6.26 Å². The Kier molecular flexibility index (Phi) is 4.91. The molecule has 1 aromatic carbocycles. The molecule has 7 heteroatoms. The van der Waals surface area contributed by atoms with Gasteiger partial charge in [-0.3, -0.25) is 0 Å². The highest BCUT2D eigenvalue weighted by Crippen LogP contribution is 2.21. The molecule has 0 fully saturated rings. The van der Waals surface area contributed by atoms with Crippen molar-refractivity contribution in [2.45, 2.75) is 0 Å². The minimum absolute atomic E-state index is 0.0989. The van der Waals surface area contributed by atoms with E-state index in [1.54, 1.807) is 6.07 Å². The monoisotopic (exact) mass is 336 g/mol. The van der Waals surface area contributed by atoms with Crippen molar-refractivity contribution in [2.75, 3.05) is 23.9 Å². The van der Waals surface area contributed by atoms with Gasteiger partial charge >= 0.3 is 0 Å². The van der Waals surface area contributed by atoms with Crippen LogP contribution in [-0.2, 0) is 9.84 Å². The zero-order valence-corrected chi connectivity index (χ0v) is 12.5. The number of nitrogens with two attached hydrogens (primary N) is 1. The Morgan fingerprint density at radius 2 is 2.18 bits per heavy atom. The van der Waals surface area contributed by atoms with Crippen LogP contribution in [0.15, 0.2) is 22.7 Å². The molecule has 0 heterocycles. The zero-order valence-electron chi connectivity index (χ0n) is 9.23. The lowest BCUT2D eigenvalue weighted by atomic mass is 10.2. The lowest BCUT2D eigenvalue weighted by Crippen LogP contribution is -2.14. The summed E-state index contributed by atoms with van der Waals surface area (Å²) in [5, 5.41) is 3.01. The fourth-order valence-corrected chi connectivity index (χ4v) is 2.58. The fourth-order valence-electron chi connectivity index (χ4n) is 1.21. The highest BCUT2D eigenvalue weighted by Gasteiger charge is 2.05.